The zero-order valence-corrected chi connectivity index (χ0v) is 12.0. The van der Waals surface area contributed by atoms with Crippen molar-refractivity contribution in [3.63, 3.8) is 0 Å². The smallest absolute Gasteiger partial charge is 0.410 e. The van der Waals surface area contributed by atoms with E-state index in [0.29, 0.717) is 13.1 Å². The van der Waals surface area contributed by atoms with Crippen LogP contribution in [0.2, 0.25) is 0 Å². The van der Waals surface area contributed by atoms with Gasteiger partial charge in [0.25, 0.3) is 0 Å². The Morgan fingerprint density at radius 1 is 1.33 bits per heavy atom. The van der Waals surface area contributed by atoms with Crippen LogP contribution in [0.1, 0.15) is 18.4 Å². The lowest BCUT2D eigenvalue weighted by molar-refractivity contribution is -0.119. The van der Waals surface area contributed by atoms with E-state index in [1.165, 1.54) is 0 Å². The van der Waals surface area contributed by atoms with Crippen LogP contribution in [0.15, 0.2) is 30.3 Å². The molecule has 1 aromatic rings. The van der Waals surface area contributed by atoms with Crippen LogP contribution in [0.5, 0.6) is 0 Å². The van der Waals surface area contributed by atoms with Crippen molar-refractivity contribution < 1.29 is 14.3 Å². The van der Waals surface area contributed by atoms with Crippen molar-refractivity contribution in [2.75, 3.05) is 19.6 Å². The van der Waals surface area contributed by atoms with Crippen LogP contribution in [0.3, 0.4) is 0 Å². The second kappa shape index (κ2) is 7.64. The Morgan fingerprint density at radius 2 is 2.10 bits per heavy atom. The van der Waals surface area contributed by atoms with E-state index in [4.69, 9.17) is 10.5 Å². The molecule has 114 valence electrons. The molecule has 6 heteroatoms. The molecule has 0 bridgehead atoms. The lowest BCUT2D eigenvalue weighted by atomic mass is 10.2. The molecular weight excluding hydrogens is 270 g/mol. The highest BCUT2D eigenvalue weighted by molar-refractivity contribution is 5.77. The van der Waals surface area contributed by atoms with Gasteiger partial charge in [-0.25, -0.2) is 4.79 Å². The van der Waals surface area contributed by atoms with Crippen LogP contribution in [0.4, 0.5) is 4.79 Å². The number of rotatable bonds is 5. The predicted molar refractivity (Wildman–Crippen MR) is 78.4 cm³/mol. The van der Waals surface area contributed by atoms with Gasteiger partial charge in [-0.15, -0.1) is 0 Å². The maximum Gasteiger partial charge on any atom is 0.410 e. The minimum Gasteiger partial charge on any atom is -0.445 e. The SMILES string of the molecule is NCC(=O)NC[C@H]1CCCN1C(=O)OCc1ccccc1. The zero-order chi connectivity index (χ0) is 15.1. The first-order chi connectivity index (χ1) is 10.2. The van der Waals surface area contributed by atoms with E-state index in [0.717, 1.165) is 18.4 Å². The van der Waals surface area contributed by atoms with Crippen LogP contribution in [-0.2, 0) is 16.1 Å². The van der Waals surface area contributed by atoms with Crippen LogP contribution in [0, 0.1) is 0 Å². The Bertz CT molecular complexity index is 478. The fourth-order valence-electron chi connectivity index (χ4n) is 2.39. The van der Waals surface area contributed by atoms with Gasteiger partial charge >= 0.3 is 6.09 Å². The fraction of sp³-hybridized carbons (Fsp3) is 0.467. The molecule has 0 aromatic heterocycles. The van der Waals surface area contributed by atoms with Gasteiger partial charge in [0.05, 0.1) is 12.6 Å². The van der Waals surface area contributed by atoms with Gasteiger partial charge in [-0.3, -0.25) is 4.79 Å². The lowest BCUT2D eigenvalue weighted by Crippen LogP contribution is -2.44. The van der Waals surface area contributed by atoms with E-state index < -0.39 is 0 Å². The summed E-state index contributed by atoms with van der Waals surface area (Å²) in [6.45, 7) is 1.32. The molecule has 0 aliphatic carbocycles. The van der Waals surface area contributed by atoms with Gasteiger partial charge in [-0.05, 0) is 18.4 Å². The highest BCUT2D eigenvalue weighted by Gasteiger charge is 2.29. The standard InChI is InChI=1S/C15H21N3O3/c16-9-14(19)17-10-13-7-4-8-18(13)15(20)21-11-12-5-2-1-3-6-12/h1-3,5-6,13H,4,7-11,16H2,(H,17,19)/t13-/m1/s1. The van der Waals surface area contributed by atoms with Crippen molar-refractivity contribution >= 4 is 12.0 Å². The fourth-order valence-corrected chi connectivity index (χ4v) is 2.39. The molecule has 1 aromatic carbocycles. The molecule has 0 saturated carbocycles. The van der Waals surface area contributed by atoms with Gasteiger partial charge in [-0.2, -0.15) is 0 Å². The van der Waals surface area contributed by atoms with E-state index in [1.54, 1.807) is 4.90 Å². The summed E-state index contributed by atoms with van der Waals surface area (Å²) in [6.07, 6.45) is 1.46. The van der Waals surface area contributed by atoms with Gasteiger partial charge in [0.15, 0.2) is 0 Å². The third-order valence-corrected chi connectivity index (χ3v) is 3.54. The highest BCUT2D eigenvalue weighted by atomic mass is 16.6. The molecule has 1 aliphatic heterocycles. The first-order valence-corrected chi connectivity index (χ1v) is 7.15. The third kappa shape index (κ3) is 4.46. The normalized spacial score (nSPS) is 17.6. The number of nitrogens with two attached hydrogens (primary N) is 1. The first-order valence-electron chi connectivity index (χ1n) is 7.15. The Kier molecular flexibility index (Phi) is 5.57. The van der Waals surface area contributed by atoms with E-state index in [2.05, 4.69) is 5.32 Å². The Morgan fingerprint density at radius 3 is 2.81 bits per heavy atom. The summed E-state index contributed by atoms with van der Waals surface area (Å²) in [5, 5.41) is 2.72. The van der Waals surface area contributed by atoms with Gasteiger partial charge in [0.2, 0.25) is 5.91 Å². The van der Waals surface area contributed by atoms with Crippen molar-refractivity contribution in [2.45, 2.75) is 25.5 Å². The van der Waals surface area contributed by atoms with Crippen molar-refractivity contribution in [1.82, 2.24) is 10.2 Å². The van der Waals surface area contributed by atoms with Crippen molar-refractivity contribution in [1.29, 1.82) is 0 Å². The molecule has 1 saturated heterocycles. The summed E-state index contributed by atoms with van der Waals surface area (Å²) in [4.78, 5) is 25.0. The summed E-state index contributed by atoms with van der Waals surface area (Å²) in [7, 11) is 0. The summed E-state index contributed by atoms with van der Waals surface area (Å²) in [5.41, 5.74) is 6.20. The molecular formula is C15H21N3O3. The molecule has 1 atom stereocenters. The number of nitrogens with one attached hydrogen (secondary N) is 1. The minimum absolute atomic E-state index is 0.0104. The second-order valence-corrected chi connectivity index (χ2v) is 5.04. The van der Waals surface area contributed by atoms with Gasteiger partial charge < -0.3 is 20.7 Å². The molecule has 2 amide bonds. The van der Waals surface area contributed by atoms with E-state index in [-0.39, 0.29) is 31.2 Å². The third-order valence-electron chi connectivity index (χ3n) is 3.54. The summed E-state index contributed by atoms with van der Waals surface area (Å²) < 4.78 is 5.32. The zero-order valence-electron chi connectivity index (χ0n) is 12.0. The van der Waals surface area contributed by atoms with Crippen LogP contribution < -0.4 is 11.1 Å². The number of likely N-dealkylation sites (tertiary alicyclic amines) is 1. The Labute approximate surface area is 124 Å². The number of hydrogen-bond acceptors (Lipinski definition) is 4. The average molecular weight is 291 g/mol. The van der Waals surface area contributed by atoms with Crippen molar-refractivity contribution in [2.24, 2.45) is 5.73 Å². The van der Waals surface area contributed by atoms with Gasteiger partial charge in [0, 0.05) is 13.1 Å². The number of ether oxygens (including phenoxy) is 1. The molecule has 1 aliphatic rings. The molecule has 1 heterocycles. The minimum atomic E-state index is -0.330. The number of benzene rings is 1. The molecule has 21 heavy (non-hydrogen) atoms. The molecule has 1 fully saturated rings. The number of nitrogens with zero attached hydrogens (tertiary/aromatic N) is 1. The molecule has 0 unspecified atom stereocenters. The maximum atomic E-state index is 12.1. The van der Waals surface area contributed by atoms with Crippen molar-refractivity contribution in [3.05, 3.63) is 35.9 Å². The molecule has 0 radical (unpaired) electrons. The quantitative estimate of drug-likeness (QED) is 0.842. The number of carbonyl (C=O) groups excluding carboxylic acids is 2. The van der Waals surface area contributed by atoms with Gasteiger partial charge in [0.1, 0.15) is 6.61 Å². The topological polar surface area (TPSA) is 84.7 Å². The van der Waals surface area contributed by atoms with E-state index in [9.17, 15) is 9.59 Å². The summed E-state index contributed by atoms with van der Waals surface area (Å²) in [6, 6.07) is 9.55. The maximum absolute atomic E-state index is 12.1. The monoisotopic (exact) mass is 291 g/mol. The number of hydrogen-bond donors (Lipinski definition) is 2. The summed E-state index contributed by atoms with van der Waals surface area (Å²) in [5.74, 6) is -0.209. The van der Waals surface area contributed by atoms with Crippen LogP contribution in [0.25, 0.3) is 0 Å². The van der Waals surface area contributed by atoms with Crippen molar-refractivity contribution in [3.8, 4) is 0 Å². The lowest BCUT2D eigenvalue weighted by Gasteiger charge is -2.24. The first kappa shape index (κ1) is 15.3. The summed E-state index contributed by atoms with van der Waals surface area (Å²) >= 11 is 0. The highest BCUT2D eigenvalue weighted by Crippen LogP contribution is 2.18. The molecule has 2 rings (SSSR count). The van der Waals surface area contributed by atoms with Crippen LogP contribution in [-0.4, -0.2) is 42.6 Å². The molecule has 0 spiro atoms. The van der Waals surface area contributed by atoms with E-state index in [1.807, 2.05) is 30.3 Å². The molecule has 6 nitrogen and oxygen atoms in total. The number of amides is 2. The largest absolute Gasteiger partial charge is 0.445 e. The Balaban J connectivity index is 1.81. The second-order valence-electron chi connectivity index (χ2n) is 5.04. The number of carbonyl (C=O) groups is 2. The average Bonchev–Trinajstić information content (AvgIpc) is 2.99. The van der Waals surface area contributed by atoms with E-state index >= 15 is 0 Å². The Hall–Kier alpha value is -2.08. The predicted octanol–water partition coefficient (Wildman–Crippen LogP) is 0.863. The van der Waals surface area contributed by atoms with Crippen LogP contribution >= 0.6 is 0 Å². The van der Waals surface area contributed by atoms with Gasteiger partial charge in [-0.1, -0.05) is 30.3 Å². The molecule has 3 N–H and O–H groups in total.